The first-order chi connectivity index (χ1) is 13.4. The molecule has 0 aromatic heterocycles. The summed E-state index contributed by atoms with van der Waals surface area (Å²) in [6.45, 7) is 5.45. The third kappa shape index (κ3) is 5.00. The van der Waals surface area contributed by atoms with Crippen LogP contribution in [0.5, 0.6) is 0 Å². The van der Waals surface area contributed by atoms with E-state index >= 15 is 0 Å². The number of carbonyl (C=O) groups excluding carboxylic acids is 1. The molecule has 154 valence electrons. The Morgan fingerprint density at radius 1 is 1.17 bits per heavy atom. The van der Waals surface area contributed by atoms with E-state index in [1.54, 1.807) is 36.4 Å². The maximum atomic E-state index is 13.8. The Bertz CT molecular complexity index is 1060. The molecule has 6 nitrogen and oxygen atoms in total. The Labute approximate surface area is 170 Å². The van der Waals surface area contributed by atoms with Gasteiger partial charge in [-0.15, -0.1) is 0 Å². The first-order valence-corrected chi connectivity index (χ1v) is 11.1. The van der Waals surface area contributed by atoms with Crippen LogP contribution in [-0.4, -0.2) is 31.3 Å². The van der Waals surface area contributed by atoms with E-state index in [-0.39, 0.29) is 11.7 Å². The molecule has 0 saturated carbocycles. The van der Waals surface area contributed by atoms with E-state index in [9.17, 15) is 17.6 Å². The predicted molar refractivity (Wildman–Crippen MR) is 112 cm³/mol. The number of amides is 1. The minimum absolute atomic E-state index is 0.155. The second-order valence-electron chi connectivity index (χ2n) is 8.17. The largest absolute Gasteiger partial charge is 0.284 e. The first kappa shape index (κ1) is 21.0. The molecule has 0 spiro atoms. The van der Waals surface area contributed by atoms with Gasteiger partial charge in [0, 0.05) is 17.5 Å². The lowest BCUT2D eigenvalue weighted by Gasteiger charge is -2.28. The predicted octanol–water partition coefficient (Wildman–Crippen LogP) is 3.92. The van der Waals surface area contributed by atoms with Gasteiger partial charge < -0.3 is 0 Å². The van der Waals surface area contributed by atoms with E-state index in [4.69, 9.17) is 0 Å². The summed E-state index contributed by atoms with van der Waals surface area (Å²) in [7, 11) is -3.36. The minimum atomic E-state index is -3.36. The minimum Gasteiger partial charge on any atom is -0.284 e. The molecule has 3 rings (SSSR count). The second kappa shape index (κ2) is 7.59. The molecule has 0 saturated heterocycles. The van der Waals surface area contributed by atoms with Crippen molar-refractivity contribution in [2.24, 2.45) is 10.5 Å². The summed E-state index contributed by atoms with van der Waals surface area (Å²) < 4.78 is 38.9. The molecule has 1 aliphatic rings. The zero-order valence-electron chi connectivity index (χ0n) is 16.8. The second-order valence-corrected chi connectivity index (χ2v) is 9.92. The third-order valence-electron chi connectivity index (χ3n) is 4.51. The number of carbonyl (C=O) groups is 1. The van der Waals surface area contributed by atoms with Crippen LogP contribution in [0.2, 0.25) is 0 Å². The van der Waals surface area contributed by atoms with Crippen molar-refractivity contribution in [1.29, 1.82) is 0 Å². The van der Waals surface area contributed by atoms with E-state index in [0.717, 1.165) is 11.8 Å². The molecular formula is C21H24FN3O3S. The Hall–Kier alpha value is -2.74. The summed E-state index contributed by atoms with van der Waals surface area (Å²) in [6, 6.07) is 12.6. The van der Waals surface area contributed by atoms with Gasteiger partial charge in [-0.2, -0.15) is 5.10 Å². The molecular weight excluding hydrogens is 393 g/mol. The molecule has 1 unspecified atom stereocenters. The van der Waals surface area contributed by atoms with Crippen molar-refractivity contribution >= 4 is 27.3 Å². The first-order valence-electron chi connectivity index (χ1n) is 9.19. The maximum absolute atomic E-state index is 13.8. The highest BCUT2D eigenvalue weighted by atomic mass is 32.2. The number of nitrogens with one attached hydrogen (secondary N) is 1. The number of nitrogens with zero attached hydrogens (tertiary/aromatic N) is 2. The molecule has 29 heavy (non-hydrogen) atoms. The van der Waals surface area contributed by atoms with Gasteiger partial charge in [0.15, 0.2) is 0 Å². The number of rotatable bonds is 4. The number of benzene rings is 2. The van der Waals surface area contributed by atoms with Gasteiger partial charge in [-0.1, -0.05) is 45.0 Å². The number of hydrazone groups is 1. The zero-order chi connectivity index (χ0) is 21.4. The van der Waals surface area contributed by atoms with Crippen LogP contribution in [0.1, 0.15) is 44.4 Å². The molecule has 2 aromatic carbocycles. The SMILES string of the molecule is CC(C)(C)C(=O)N1N=C(c2ccc(NS(C)(=O)=O)cc2)CC1c1cccc(F)c1. The van der Waals surface area contributed by atoms with Gasteiger partial charge >= 0.3 is 0 Å². The number of hydrogen-bond donors (Lipinski definition) is 1. The monoisotopic (exact) mass is 417 g/mol. The molecule has 1 aliphatic heterocycles. The number of anilines is 1. The van der Waals surface area contributed by atoms with Crippen LogP contribution in [0.4, 0.5) is 10.1 Å². The molecule has 1 heterocycles. The van der Waals surface area contributed by atoms with Crippen molar-refractivity contribution in [3.8, 4) is 0 Å². The van der Waals surface area contributed by atoms with Crippen LogP contribution in [0, 0.1) is 11.2 Å². The van der Waals surface area contributed by atoms with E-state index < -0.39 is 21.5 Å². The Balaban J connectivity index is 1.94. The Morgan fingerprint density at radius 2 is 1.83 bits per heavy atom. The summed E-state index contributed by atoms with van der Waals surface area (Å²) in [5.41, 5.74) is 1.93. The van der Waals surface area contributed by atoms with Crippen LogP contribution in [0.15, 0.2) is 53.6 Å². The van der Waals surface area contributed by atoms with Crippen LogP contribution >= 0.6 is 0 Å². The van der Waals surface area contributed by atoms with Crippen molar-refractivity contribution in [2.75, 3.05) is 11.0 Å². The van der Waals surface area contributed by atoms with Crippen LogP contribution in [-0.2, 0) is 14.8 Å². The summed E-state index contributed by atoms with van der Waals surface area (Å²) in [6.07, 6.45) is 1.52. The topological polar surface area (TPSA) is 78.8 Å². The van der Waals surface area contributed by atoms with Crippen molar-refractivity contribution in [2.45, 2.75) is 33.2 Å². The van der Waals surface area contributed by atoms with Gasteiger partial charge in [0.25, 0.3) is 0 Å². The molecule has 1 amide bonds. The van der Waals surface area contributed by atoms with Crippen molar-refractivity contribution in [1.82, 2.24) is 5.01 Å². The summed E-state index contributed by atoms with van der Waals surface area (Å²) in [4.78, 5) is 13.0. The molecule has 1 N–H and O–H groups in total. The van der Waals surface area contributed by atoms with Gasteiger partial charge in [0.05, 0.1) is 18.0 Å². The number of halogens is 1. The zero-order valence-corrected chi connectivity index (χ0v) is 17.6. The highest BCUT2D eigenvalue weighted by molar-refractivity contribution is 7.92. The van der Waals surface area contributed by atoms with Gasteiger partial charge in [-0.3, -0.25) is 9.52 Å². The van der Waals surface area contributed by atoms with Crippen molar-refractivity contribution in [3.05, 3.63) is 65.5 Å². The van der Waals surface area contributed by atoms with Gasteiger partial charge in [0.2, 0.25) is 15.9 Å². The molecule has 0 bridgehead atoms. The van der Waals surface area contributed by atoms with E-state index in [1.165, 1.54) is 17.1 Å². The fourth-order valence-corrected chi connectivity index (χ4v) is 3.70. The standard InChI is InChI=1S/C21H24FN3O3S/c1-21(2,3)20(26)25-19(15-6-5-7-16(22)12-15)13-18(23-25)14-8-10-17(11-9-14)24-29(4,27)28/h5-12,19,24H,13H2,1-4H3. The quantitative estimate of drug-likeness (QED) is 0.819. The molecule has 1 atom stereocenters. The number of sulfonamides is 1. The normalized spacial score (nSPS) is 17.2. The summed E-state index contributed by atoms with van der Waals surface area (Å²) in [5.74, 6) is -0.521. The Morgan fingerprint density at radius 3 is 2.38 bits per heavy atom. The van der Waals surface area contributed by atoms with Crippen LogP contribution in [0.25, 0.3) is 0 Å². The Kier molecular flexibility index (Phi) is 5.49. The molecule has 0 radical (unpaired) electrons. The maximum Gasteiger partial charge on any atom is 0.248 e. The lowest BCUT2D eigenvalue weighted by Crippen LogP contribution is -2.36. The van der Waals surface area contributed by atoms with Crippen LogP contribution < -0.4 is 4.72 Å². The molecule has 8 heteroatoms. The van der Waals surface area contributed by atoms with Gasteiger partial charge in [-0.25, -0.2) is 17.8 Å². The molecule has 0 aliphatic carbocycles. The molecule has 0 fully saturated rings. The van der Waals surface area contributed by atoms with Crippen molar-refractivity contribution in [3.63, 3.8) is 0 Å². The lowest BCUT2D eigenvalue weighted by atomic mass is 9.93. The highest BCUT2D eigenvalue weighted by Gasteiger charge is 2.38. The highest BCUT2D eigenvalue weighted by Crippen LogP contribution is 2.36. The van der Waals surface area contributed by atoms with Gasteiger partial charge in [0.1, 0.15) is 5.82 Å². The average Bonchev–Trinajstić information content (AvgIpc) is 3.04. The van der Waals surface area contributed by atoms with Crippen molar-refractivity contribution < 1.29 is 17.6 Å². The fourth-order valence-electron chi connectivity index (χ4n) is 3.13. The summed E-state index contributed by atoms with van der Waals surface area (Å²) >= 11 is 0. The third-order valence-corrected chi connectivity index (χ3v) is 5.12. The summed E-state index contributed by atoms with van der Waals surface area (Å²) in [5, 5.41) is 5.99. The molecule has 2 aromatic rings. The van der Waals surface area contributed by atoms with Gasteiger partial charge in [-0.05, 0) is 35.4 Å². The smallest absolute Gasteiger partial charge is 0.248 e. The number of hydrogen-bond acceptors (Lipinski definition) is 4. The average molecular weight is 418 g/mol. The van der Waals surface area contributed by atoms with E-state index in [0.29, 0.717) is 23.4 Å². The fraction of sp³-hybridized carbons (Fsp3) is 0.333. The van der Waals surface area contributed by atoms with E-state index in [1.807, 2.05) is 20.8 Å². The van der Waals surface area contributed by atoms with E-state index in [2.05, 4.69) is 9.82 Å². The lowest BCUT2D eigenvalue weighted by molar-refractivity contribution is -0.141. The van der Waals surface area contributed by atoms with Crippen LogP contribution in [0.3, 0.4) is 0 Å².